The first-order valence-electron chi connectivity index (χ1n) is 5.77. The largest absolute Gasteiger partial charge is 0.347 e. The molecule has 0 fully saturated rings. The van der Waals surface area contributed by atoms with Gasteiger partial charge in [-0.2, -0.15) is 0 Å². The summed E-state index contributed by atoms with van der Waals surface area (Å²) in [4.78, 5) is 0. The molecule has 2 nitrogen and oxygen atoms in total. The molecule has 0 aromatic heterocycles. The van der Waals surface area contributed by atoms with E-state index in [4.69, 9.17) is 9.47 Å². The Labute approximate surface area is 98.6 Å². The molecule has 0 bridgehead atoms. The lowest BCUT2D eigenvalue weighted by Gasteiger charge is -2.30. The Morgan fingerprint density at radius 1 is 1.25 bits per heavy atom. The molecule has 0 N–H and O–H groups in total. The smallest absolute Gasteiger partial charge is 0.169 e. The van der Waals surface area contributed by atoms with Crippen LogP contribution in [-0.2, 0) is 16.1 Å². The molecular weight excluding hydrogens is 200 g/mol. The molecule has 0 heterocycles. The third-order valence-corrected chi connectivity index (χ3v) is 2.33. The zero-order chi connectivity index (χ0) is 12.0. The summed E-state index contributed by atoms with van der Waals surface area (Å²) in [5.74, 6) is -0.732. The Hall–Kier alpha value is -0.860. The molecule has 0 aliphatic heterocycles. The van der Waals surface area contributed by atoms with Crippen molar-refractivity contribution in [1.82, 2.24) is 0 Å². The second-order valence-corrected chi connectivity index (χ2v) is 4.21. The van der Waals surface area contributed by atoms with E-state index in [2.05, 4.69) is 6.92 Å². The molecule has 16 heavy (non-hydrogen) atoms. The average Bonchev–Trinajstić information content (AvgIpc) is 2.27. The summed E-state index contributed by atoms with van der Waals surface area (Å²) in [6.45, 7) is 10.5. The molecule has 0 saturated carbocycles. The predicted molar refractivity (Wildman–Crippen MR) is 65.8 cm³/mol. The molecule has 1 aromatic carbocycles. The third kappa shape index (κ3) is 4.33. The van der Waals surface area contributed by atoms with E-state index in [1.54, 1.807) is 0 Å². The minimum Gasteiger partial charge on any atom is -0.347 e. The van der Waals surface area contributed by atoms with Crippen LogP contribution in [-0.4, -0.2) is 11.9 Å². The van der Waals surface area contributed by atoms with Crippen molar-refractivity contribution >= 4 is 0 Å². The summed E-state index contributed by atoms with van der Waals surface area (Å²) in [5.41, 5.74) is 1.14. The first-order valence-corrected chi connectivity index (χ1v) is 5.77. The monoisotopic (exact) mass is 221 g/mol. The summed E-state index contributed by atoms with van der Waals surface area (Å²) < 4.78 is 11.4. The number of ether oxygens (including phenoxy) is 2. The lowest BCUT2D eigenvalue weighted by atomic mass is 10.2. The molecule has 1 radical (unpaired) electrons. The normalized spacial score (nSPS) is 15.1. The Morgan fingerprint density at radius 3 is 2.38 bits per heavy atom. The van der Waals surface area contributed by atoms with E-state index in [-0.39, 0.29) is 6.10 Å². The number of rotatable bonds is 6. The van der Waals surface area contributed by atoms with Gasteiger partial charge < -0.3 is 9.47 Å². The quantitative estimate of drug-likeness (QED) is 0.684. The van der Waals surface area contributed by atoms with Crippen LogP contribution in [0.4, 0.5) is 0 Å². The van der Waals surface area contributed by atoms with Crippen molar-refractivity contribution in [2.75, 3.05) is 0 Å². The van der Waals surface area contributed by atoms with Crippen LogP contribution in [0.5, 0.6) is 0 Å². The van der Waals surface area contributed by atoms with Crippen LogP contribution in [0.15, 0.2) is 30.3 Å². The highest BCUT2D eigenvalue weighted by Gasteiger charge is 2.25. The van der Waals surface area contributed by atoms with Gasteiger partial charge in [-0.15, -0.1) is 0 Å². The van der Waals surface area contributed by atoms with E-state index in [1.165, 1.54) is 0 Å². The molecule has 0 saturated heterocycles. The standard InChI is InChI=1S/C14H21O2/c1-5-14(4,16-12(2)3)15-11-13-9-7-6-8-10-13/h6-10,12H,4-5,11H2,1-3H3. The molecular formula is C14H21O2. The van der Waals surface area contributed by atoms with Crippen LogP contribution in [0.3, 0.4) is 0 Å². The molecule has 0 spiro atoms. The SMILES string of the molecule is [CH2]C(CC)(OCc1ccccc1)OC(C)C. The second kappa shape index (κ2) is 6.02. The Balaban J connectivity index is 2.51. The van der Waals surface area contributed by atoms with E-state index in [1.807, 2.05) is 51.1 Å². The highest BCUT2D eigenvalue weighted by Crippen LogP contribution is 2.20. The Kier molecular flexibility index (Phi) is 4.97. The van der Waals surface area contributed by atoms with Crippen molar-refractivity contribution in [2.45, 2.75) is 45.7 Å². The minimum atomic E-state index is -0.732. The van der Waals surface area contributed by atoms with Gasteiger partial charge in [0.25, 0.3) is 0 Å². The molecule has 89 valence electrons. The molecule has 1 aromatic rings. The summed E-state index contributed by atoms with van der Waals surface area (Å²) in [6.07, 6.45) is 0.853. The molecule has 0 amide bonds. The second-order valence-electron chi connectivity index (χ2n) is 4.21. The molecule has 0 aliphatic carbocycles. The maximum absolute atomic E-state index is 5.74. The maximum Gasteiger partial charge on any atom is 0.169 e. The fourth-order valence-corrected chi connectivity index (χ4v) is 1.44. The van der Waals surface area contributed by atoms with Gasteiger partial charge in [0.05, 0.1) is 12.7 Å². The van der Waals surface area contributed by atoms with Crippen molar-refractivity contribution in [3.63, 3.8) is 0 Å². The van der Waals surface area contributed by atoms with Crippen LogP contribution in [0.2, 0.25) is 0 Å². The van der Waals surface area contributed by atoms with Gasteiger partial charge in [0.2, 0.25) is 0 Å². The zero-order valence-corrected chi connectivity index (χ0v) is 10.4. The first-order chi connectivity index (χ1) is 7.56. The Bertz CT molecular complexity index is 295. The molecule has 1 atom stereocenters. The lowest BCUT2D eigenvalue weighted by molar-refractivity contribution is -0.232. The fraction of sp³-hybridized carbons (Fsp3) is 0.500. The first kappa shape index (κ1) is 13.2. The van der Waals surface area contributed by atoms with Crippen molar-refractivity contribution in [3.05, 3.63) is 42.8 Å². The van der Waals surface area contributed by atoms with Crippen LogP contribution in [0.25, 0.3) is 0 Å². The molecule has 0 aliphatic rings. The van der Waals surface area contributed by atoms with E-state index in [0.717, 1.165) is 12.0 Å². The summed E-state index contributed by atoms with van der Waals surface area (Å²) in [7, 11) is 0. The van der Waals surface area contributed by atoms with Crippen LogP contribution in [0.1, 0.15) is 32.8 Å². The van der Waals surface area contributed by atoms with E-state index in [0.29, 0.717) is 6.61 Å². The van der Waals surface area contributed by atoms with Gasteiger partial charge in [0.1, 0.15) is 0 Å². The van der Waals surface area contributed by atoms with Crippen molar-refractivity contribution in [3.8, 4) is 0 Å². The van der Waals surface area contributed by atoms with Gasteiger partial charge in [-0.1, -0.05) is 37.3 Å². The van der Waals surface area contributed by atoms with Gasteiger partial charge >= 0.3 is 0 Å². The van der Waals surface area contributed by atoms with Gasteiger partial charge in [0, 0.05) is 6.92 Å². The molecule has 1 rings (SSSR count). The van der Waals surface area contributed by atoms with E-state index < -0.39 is 5.79 Å². The van der Waals surface area contributed by atoms with Gasteiger partial charge in [0.15, 0.2) is 5.79 Å². The predicted octanol–water partition coefficient (Wildman–Crippen LogP) is 3.57. The molecule has 1 unspecified atom stereocenters. The topological polar surface area (TPSA) is 18.5 Å². The maximum atomic E-state index is 5.74. The summed E-state index contributed by atoms with van der Waals surface area (Å²) in [6, 6.07) is 10.1. The fourth-order valence-electron chi connectivity index (χ4n) is 1.44. The lowest BCUT2D eigenvalue weighted by Crippen LogP contribution is -2.34. The van der Waals surface area contributed by atoms with Crippen LogP contribution in [0, 0.1) is 6.92 Å². The van der Waals surface area contributed by atoms with E-state index in [9.17, 15) is 0 Å². The van der Waals surface area contributed by atoms with Crippen LogP contribution >= 0.6 is 0 Å². The highest BCUT2D eigenvalue weighted by atomic mass is 16.7. The van der Waals surface area contributed by atoms with Crippen molar-refractivity contribution in [2.24, 2.45) is 0 Å². The van der Waals surface area contributed by atoms with Gasteiger partial charge in [-0.25, -0.2) is 0 Å². The molecule has 2 heteroatoms. The number of hydrogen-bond donors (Lipinski definition) is 0. The summed E-state index contributed by atoms with van der Waals surface area (Å²) in [5, 5.41) is 0. The minimum absolute atomic E-state index is 0.119. The van der Waals surface area contributed by atoms with Crippen molar-refractivity contribution in [1.29, 1.82) is 0 Å². The van der Waals surface area contributed by atoms with E-state index >= 15 is 0 Å². The summed E-state index contributed by atoms with van der Waals surface area (Å²) >= 11 is 0. The van der Waals surface area contributed by atoms with Crippen LogP contribution < -0.4 is 0 Å². The van der Waals surface area contributed by atoms with Gasteiger partial charge in [-0.3, -0.25) is 0 Å². The van der Waals surface area contributed by atoms with Gasteiger partial charge in [-0.05, 0) is 25.8 Å². The number of hydrogen-bond acceptors (Lipinski definition) is 2. The third-order valence-electron chi connectivity index (χ3n) is 2.33. The Morgan fingerprint density at radius 2 is 1.88 bits per heavy atom. The highest BCUT2D eigenvalue weighted by molar-refractivity contribution is 5.13. The average molecular weight is 221 g/mol. The van der Waals surface area contributed by atoms with Crippen molar-refractivity contribution < 1.29 is 9.47 Å². The zero-order valence-electron chi connectivity index (χ0n) is 10.4. The number of benzene rings is 1.